The highest BCUT2D eigenvalue weighted by Gasteiger charge is 2.30. The third-order valence-corrected chi connectivity index (χ3v) is 7.97. The van der Waals surface area contributed by atoms with Crippen LogP contribution in [0.5, 0.6) is 0 Å². The van der Waals surface area contributed by atoms with Crippen LogP contribution in [0, 0.1) is 6.92 Å². The van der Waals surface area contributed by atoms with E-state index in [2.05, 4.69) is 32.2 Å². The molecule has 11 heteroatoms. The highest BCUT2D eigenvalue weighted by atomic mass is 19.4. The molecule has 3 heterocycles. The summed E-state index contributed by atoms with van der Waals surface area (Å²) >= 11 is 0. The number of likely N-dealkylation sites (N-methyl/N-ethyl adjacent to an activating group) is 1. The van der Waals surface area contributed by atoms with Gasteiger partial charge in [-0.05, 0) is 73.6 Å². The molecule has 1 aliphatic rings. The molecule has 0 bridgehead atoms. The maximum absolute atomic E-state index is 13.0. The number of halogens is 3. The van der Waals surface area contributed by atoms with Crippen LogP contribution in [0.3, 0.4) is 0 Å². The maximum Gasteiger partial charge on any atom is 0.416 e. The molecule has 5 aromatic rings. The molecule has 0 atom stereocenters. The fraction of sp³-hybridized carbons (Fsp3) is 0.212. The average Bonchev–Trinajstić information content (AvgIpc) is 3.47. The van der Waals surface area contributed by atoms with Crippen LogP contribution in [0.4, 0.5) is 18.9 Å². The van der Waals surface area contributed by atoms with Crippen LogP contribution >= 0.6 is 0 Å². The van der Waals surface area contributed by atoms with E-state index in [0.29, 0.717) is 35.7 Å². The number of amides is 2. The number of benzene rings is 3. The highest BCUT2D eigenvalue weighted by molar-refractivity contribution is 6.05. The summed E-state index contributed by atoms with van der Waals surface area (Å²) in [5, 5.41) is 3.58. The topological polar surface area (TPSA) is 94.2 Å². The second-order valence-electron chi connectivity index (χ2n) is 10.8. The summed E-state index contributed by atoms with van der Waals surface area (Å²) in [5.74, 6) is -0.500. The largest absolute Gasteiger partial charge is 0.416 e. The van der Waals surface area contributed by atoms with Gasteiger partial charge in [-0.1, -0.05) is 24.3 Å². The molecule has 0 saturated carbocycles. The van der Waals surface area contributed by atoms with E-state index in [4.69, 9.17) is 0 Å². The molecule has 0 radical (unpaired) electrons. The lowest BCUT2D eigenvalue weighted by molar-refractivity contribution is -0.137. The van der Waals surface area contributed by atoms with Crippen LogP contribution in [0.2, 0.25) is 0 Å². The van der Waals surface area contributed by atoms with Crippen LogP contribution in [0.25, 0.3) is 33.5 Å². The molecule has 2 amide bonds. The van der Waals surface area contributed by atoms with Gasteiger partial charge in [0.05, 0.1) is 11.3 Å². The zero-order valence-corrected chi connectivity index (χ0v) is 24.1. The number of nitrogens with one attached hydrogen (secondary N) is 2. The van der Waals surface area contributed by atoms with E-state index in [9.17, 15) is 22.8 Å². The summed E-state index contributed by atoms with van der Waals surface area (Å²) in [6, 6.07) is 18.9. The van der Waals surface area contributed by atoms with Crippen molar-refractivity contribution in [3.63, 3.8) is 0 Å². The van der Waals surface area contributed by atoms with Crippen LogP contribution in [0.15, 0.2) is 79.1 Å². The van der Waals surface area contributed by atoms with Gasteiger partial charge in [-0.15, -0.1) is 0 Å². The summed E-state index contributed by atoms with van der Waals surface area (Å²) < 4.78 is 38.8. The Morgan fingerprint density at radius 2 is 1.57 bits per heavy atom. The first-order valence-electron chi connectivity index (χ1n) is 14.1. The van der Waals surface area contributed by atoms with Gasteiger partial charge in [0.2, 0.25) is 0 Å². The van der Waals surface area contributed by atoms with Gasteiger partial charge in [0.1, 0.15) is 12.0 Å². The van der Waals surface area contributed by atoms with E-state index in [1.165, 1.54) is 6.33 Å². The number of carbonyl (C=O) groups is 2. The summed E-state index contributed by atoms with van der Waals surface area (Å²) in [5.41, 5.74) is 4.92. The van der Waals surface area contributed by atoms with Crippen molar-refractivity contribution in [3.8, 4) is 22.5 Å². The Kier molecular flexibility index (Phi) is 7.64. The molecule has 224 valence electrons. The molecule has 0 unspecified atom stereocenters. The van der Waals surface area contributed by atoms with Gasteiger partial charge >= 0.3 is 6.18 Å². The number of nitrogens with zero attached hydrogens (tertiary/aromatic N) is 4. The minimum atomic E-state index is -4.48. The molecule has 1 fully saturated rings. The third kappa shape index (κ3) is 5.78. The summed E-state index contributed by atoms with van der Waals surface area (Å²) in [7, 11) is 2.05. The van der Waals surface area contributed by atoms with Gasteiger partial charge in [-0.25, -0.2) is 9.97 Å². The number of alkyl halides is 3. The van der Waals surface area contributed by atoms with Gasteiger partial charge in [0.15, 0.2) is 0 Å². The van der Waals surface area contributed by atoms with Crippen molar-refractivity contribution in [1.29, 1.82) is 0 Å². The molecule has 6 rings (SSSR count). The third-order valence-electron chi connectivity index (χ3n) is 7.97. The van der Waals surface area contributed by atoms with Crippen molar-refractivity contribution in [2.45, 2.75) is 13.1 Å². The van der Waals surface area contributed by atoms with E-state index in [1.807, 2.05) is 48.2 Å². The molecule has 1 aliphatic heterocycles. The zero-order valence-electron chi connectivity index (χ0n) is 24.1. The number of carbonyl (C=O) groups excluding carboxylic acids is 2. The van der Waals surface area contributed by atoms with E-state index >= 15 is 0 Å². The van der Waals surface area contributed by atoms with Crippen molar-refractivity contribution in [1.82, 2.24) is 24.8 Å². The Bertz CT molecular complexity index is 1840. The summed E-state index contributed by atoms with van der Waals surface area (Å²) in [6.45, 7) is 4.97. The Hall–Kier alpha value is -5.03. The molecule has 2 aromatic heterocycles. The smallest absolute Gasteiger partial charge is 0.339 e. The first kappa shape index (κ1) is 29.1. The van der Waals surface area contributed by atoms with Crippen molar-refractivity contribution in [2.75, 3.05) is 38.5 Å². The number of aromatic nitrogens is 3. The lowest BCUT2D eigenvalue weighted by atomic mass is 10.0. The number of hydrogen-bond donors (Lipinski definition) is 2. The van der Waals surface area contributed by atoms with E-state index < -0.39 is 17.6 Å². The number of rotatable bonds is 5. The van der Waals surface area contributed by atoms with E-state index in [-0.39, 0.29) is 11.5 Å². The molecular weight excluding hydrogens is 569 g/mol. The SMILES string of the molecule is Cc1c(NC(=O)c2ccc(C(F)(F)F)cc2)cccc1-c1ncnc2[nH]c(-c3ccc(C(=O)N4CCN(C)CC4)cc3)cc12. The Morgan fingerprint density at radius 1 is 0.886 bits per heavy atom. The first-order chi connectivity index (χ1) is 21.1. The van der Waals surface area contributed by atoms with Crippen LogP contribution in [0.1, 0.15) is 31.8 Å². The molecule has 0 aliphatic carbocycles. The average molecular weight is 599 g/mol. The molecule has 0 spiro atoms. The molecule has 44 heavy (non-hydrogen) atoms. The maximum atomic E-state index is 13.0. The molecule has 2 N–H and O–H groups in total. The Labute approximate surface area is 251 Å². The molecule has 3 aromatic carbocycles. The highest BCUT2D eigenvalue weighted by Crippen LogP contribution is 2.34. The van der Waals surface area contributed by atoms with E-state index in [0.717, 1.165) is 65.1 Å². The van der Waals surface area contributed by atoms with Crippen molar-refractivity contribution in [2.24, 2.45) is 0 Å². The quantitative estimate of drug-likeness (QED) is 0.249. The summed E-state index contributed by atoms with van der Waals surface area (Å²) in [4.78, 5) is 42.2. The van der Waals surface area contributed by atoms with Gasteiger partial charge in [0, 0.05) is 59.6 Å². The lowest BCUT2D eigenvalue weighted by Crippen LogP contribution is -2.47. The number of piperazine rings is 1. The van der Waals surface area contributed by atoms with Crippen LogP contribution in [-0.2, 0) is 6.18 Å². The zero-order chi connectivity index (χ0) is 31.0. The van der Waals surface area contributed by atoms with Crippen LogP contribution < -0.4 is 5.32 Å². The first-order valence-corrected chi connectivity index (χ1v) is 14.1. The van der Waals surface area contributed by atoms with Gasteiger partial charge in [-0.3, -0.25) is 9.59 Å². The minimum Gasteiger partial charge on any atom is -0.339 e. The predicted octanol–water partition coefficient (Wildman–Crippen LogP) is 6.26. The Morgan fingerprint density at radius 3 is 2.25 bits per heavy atom. The van der Waals surface area contributed by atoms with Gasteiger partial charge < -0.3 is 20.1 Å². The second kappa shape index (κ2) is 11.6. The Balaban J connectivity index is 1.24. The predicted molar refractivity (Wildman–Crippen MR) is 162 cm³/mol. The fourth-order valence-electron chi connectivity index (χ4n) is 5.33. The van der Waals surface area contributed by atoms with Crippen molar-refractivity contribution >= 4 is 28.5 Å². The van der Waals surface area contributed by atoms with E-state index in [1.54, 1.807) is 12.1 Å². The molecule has 1 saturated heterocycles. The number of fused-ring (bicyclic) bond motifs is 1. The van der Waals surface area contributed by atoms with Crippen molar-refractivity contribution in [3.05, 3.63) is 101 Å². The second-order valence-corrected chi connectivity index (χ2v) is 10.8. The monoisotopic (exact) mass is 598 g/mol. The van der Waals surface area contributed by atoms with Crippen LogP contribution in [-0.4, -0.2) is 69.8 Å². The number of anilines is 1. The lowest BCUT2D eigenvalue weighted by Gasteiger charge is -2.32. The summed E-state index contributed by atoms with van der Waals surface area (Å²) in [6.07, 6.45) is -3.02. The molecule has 8 nitrogen and oxygen atoms in total. The van der Waals surface area contributed by atoms with Gasteiger partial charge in [0.25, 0.3) is 11.8 Å². The molecular formula is C33H29F3N6O2. The standard InChI is InChI=1S/C33H29F3N6O2/c1-20-25(4-3-5-27(20)40-31(43)22-10-12-24(13-11-22)33(34,35)36)29-26-18-28(39-30(26)38-19-37-29)21-6-8-23(9-7-21)32(44)42-16-14-41(2)15-17-42/h3-13,18-19H,14-17H2,1-2H3,(H,40,43)(H,37,38,39). The minimum absolute atomic E-state index is 0.0234. The number of aromatic amines is 1. The number of H-pyrrole nitrogens is 1. The fourth-order valence-corrected chi connectivity index (χ4v) is 5.33. The van der Waals surface area contributed by atoms with Crippen molar-refractivity contribution < 1.29 is 22.8 Å². The number of hydrogen-bond acceptors (Lipinski definition) is 5. The van der Waals surface area contributed by atoms with Gasteiger partial charge in [-0.2, -0.15) is 13.2 Å². The normalized spacial score (nSPS) is 14.2.